The van der Waals surface area contributed by atoms with Crippen LogP contribution in [0.25, 0.3) is 0 Å². The molecular weight excluding hydrogens is 364 g/mol. The third-order valence-electron chi connectivity index (χ3n) is 3.95. The molecular formula is C18H20N6O2S. The van der Waals surface area contributed by atoms with Crippen LogP contribution in [0, 0.1) is 13.8 Å². The number of aryl methyl sites for hydroxylation is 2. The number of primary amides is 1. The van der Waals surface area contributed by atoms with Crippen molar-refractivity contribution in [3.05, 3.63) is 58.5 Å². The molecule has 3 aromatic rings. The second-order valence-corrected chi connectivity index (χ2v) is 7.05. The van der Waals surface area contributed by atoms with Crippen molar-refractivity contribution in [1.82, 2.24) is 14.8 Å². The predicted octanol–water partition coefficient (Wildman–Crippen LogP) is 2.40. The Hall–Kier alpha value is -3.20. The van der Waals surface area contributed by atoms with Crippen molar-refractivity contribution in [2.45, 2.75) is 20.4 Å². The summed E-state index contributed by atoms with van der Waals surface area (Å²) >= 11 is 1.15. The summed E-state index contributed by atoms with van der Waals surface area (Å²) in [6.07, 6.45) is 0. The van der Waals surface area contributed by atoms with Gasteiger partial charge in [-0.05, 0) is 37.6 Å². The molecule has 9 heteroatoms. The maximum atomic E-state index is 12.5. The van der Waals surface area contributed by atoms with E-state index in [9.17, 15) is 9.59 Å². The number of aromatic nitrogens is 3. The van der Waals surface area contributed by atoms with Gasteiger partial charge in [0.05, 0.1) is 12.2 Å². The Kier molecular flexibility index (Phi) is 5.22. The van der Waals surface area contributed by atoms with Crippen molar-refractivity contribution in [2.24, 2.45) is 5.73 Å². The number of benzene rings is 1. The number of carbonyl (C=O) groups is 2. The minimum absolute atomic E-state index is 0.0406. The first-order chi connectivity index (χ1) is 12.9. The molecule has 0 radical (unpaired) electrons. The molecule has 0 bridgehead atoms. The van der Waals surface area contributed by atoms with Crippen molar-refractivity contribution in [3.63, 3.8) is 0 Å². The quantitative estimate of drug-likeness (QED) is 0.604. The number of hydrogen-bond donors (Lipinski definition) is 3. The number of rotatable bonds is 6. The Labute approximate surface area is 160 Å². The molecule has 0 saturated heterocycles. The summed E-state index contributed by atoms with van der Waals surface area (Å²) in [5, 5.41) is 10.8. The number of amides is 2. The number of nitrogens with zero attached hydrogens (tertiary/aromatic N) is 3. The van der Waals surface area contributed by atoms with Crippen LogP contribution in [0.2, 0.25) is 0 Å². The third-order valence-corrected chi connectivity index (χ3v) is 4.94. The number of carbonyl (C=O) groups excluding carboxylic acids is 2. The van der Waals surface area contributed by atoms with Gasteiger partial charge in [-0.15, -0.1) is 0 Å². The highest BCUT2D eigenvalue weighted by molar-refractivity contribution is 7.20. The van der Waals surface area contributed by atoms with Crippen molar-refractivity contribution >= 4 is 33.3 Å². The first-order valence-corrected chi connectivity index (χ1v) is 9.08. The zero-order valence-electron chi connectivity index (χ0n) is 15.2. The molecule has 0 atom stereocenters. The van der Waals surface area contributed by atoms with E-state index in [1.54, 1.807) is 19.2 Å². The van der Waals surface area contributed by atoms with Crippen molar-refractivity contribution in [2.75, 3.05) is 17.7 Å². The molecule has 4 N–H and O–H groups in total. The fourth-order valence-corrected chi connectivity index (χ4v) is 3.44. The molecule has 0 unspecified atom stereocenters. The van der Waals surface area contributed by atoms with Crippen LogP contribution in [0.3, 0.4) is 0 Å². The van der Waals surface area contributed by atoms with E-state index in [1.165, 1.54) is 0 Å². The molecule has 3 rings (SSSR count). The zero-order chi connectivity index (χ0) is 19.6. The van der Waals surface area contributed by atoms with Crippen LogP contribution in [-0.2, 0) is 6.54 Å². The normalized spacial score (nSPS) is 10.6. The highest BCUT2D eigenvalue weighted by atomic mass is 32.1. The topological polar surface area (TPSA) is 115 Å². The van der Waals surface area contributed by atoms with E-state index < -0.39 is 5.91 Å². The first-order valence-electron chi connectivity index (χ1n) is 8.27. The van der Waals surface area contributed by atoms with E-state index in [-0.39, 0.29) is 11.6 Å². The standard InChI is InChI=1S/C18H20N6O2S/c1-10-8-11(2)24(23-10)9-12-4-6-13(7-5-12)16(26)22-17-14(15(19)25)21-18(20-3)27-17/h4-8H,9H2,1-3H3,(H2,19,25)(H,20,21)(H,22,26). The minimum Gasteiger partial charge on any atom is -0.365 e. The van der Waals surface area contributed by atoms with Gasteiger partial charge in [-0.3, -0.25) is 14.3 Å². The molecule has 2 amide bonds. The zero-order valence-corrected chi connectivity index (χ0v) is 16.1. The maximum Gasteiger partial charge on any atom is 0.270 e. The van der Waals surface area contributed by atoms with Gasteiger partial charge >= 0.3 is 0 Å². The van der Waals surface area contributed by atoms with E-state index in [4.69, 9.17) is 5.73 Å². The maximum absolute atomic E-state index is 12.5. The first kappa shape index (κ1) is 18.6. The van der Waals surface area contributed by atoms with Gasteiger partial charge < -0.3 is 16.4 Å². The van der Waals surface area contributed by atoms with Crippen LogP contribution >= 0.6 is 11.3 Å². The number of nitrogens with two attached hydrogens (primary N) is 1. The lowest BCUT2D eigenvalue weighted by Gasteiger charge is -2.07. The summed E-state index contributed by atoms with van der Waals surface area (Å²) < 4.78 is 1.92. The number of hydrogen-bond acceptors (Lipinski definition) is 6. The second-order valence-electron chi connectivity index (χ2n) is 6.05. The Bertz CT molecular complexity index is 990. The predicted molar refractivity (Wildman–Crippen MR) is 105 cm³/mol. The smallest absolute Gasteiger partial charge is 0.270 e. The lowest BCUT2D eigenvalue weighted by molar-refractivity contribution is 0.0997. The van der Waals surface area contributed by atoms with E-state index >= 15 is 0 Å². The summed E-state index contributed by atoms with van der Waals surface area (Å²) in [6.45, 7) is 4.59. The Balaban J connectivity index is 1.73. The Morgan fingerprint density at radius 2 is 1.93 bits per heavy atom. The monoisotopic (exact) mass is 384 g/mol. The molecule has 2 heterocycles. The SMILES string of the molecule is CNc1nc(C(N)=O)c(NC(=O)c2ccc(Cn3nc(C)cc3C)cc2)s1. The van der Waals surface area contributed by atoms with Crippen LogP contribution in [0.4, 0.5) is 10.1 Å². The summed E-state index contributed by atoms with van der Waals surface area (Å²) in [5.74, 6) is -1.02. The lowest BCUT2D eigenvalue weighted by Crippen LogP contribution is -2.17. The van der Waals surface area contributed by atoms with Gasteiger partial charge in [-0.25, -0.2) is 4.98 Å². The summed E-state index contributed by atoms with van der Waals surface area (Å²) in [5.41, 5.74) is 8.92. The van der Waals surface area contributed by atoms with E-state index in [1.807, 2.05) is 36.7 Å². The van der Waals surface area contributed by atoms with Crippen LogP contribution in [-0.4, -0.2) is 33.6 Å². The fraction of sp³-hybridized carbons (Fsp3) is 0.222. The van der Waals surface area contributed by atoms with Crippen molar-refractivity contribution in [1.29, 1.82) is 0 Å². The third kappa shape index (κ3) is 4.14. The van der Waals surface area contributed by atoms with E-state index in [0.29, 0.717) is 22.2 Å². The largest absolute Gasteiger partial charge is 0.365 e. The Morgan fingerprint density at radius 1 is 1.22 bits per heavy atom. The van der Waals surface area contributed by atoms with Gasteiger partial charge in [0.1, 0.15) is 5.00 Å². The molecule has 0 aliphatic heterocycles. The fourth-order valence-electron chi connectivity index (χ4n) is 2.62. The van der Waals surface area contributed by atoms with Gasteiger partial charge in [0.15, 0.2) is 10.8 Å². The highest BCUT2D eigenvalue weighted by Crippen LogP contribution is 2.28. The van der Waals surface area contributed by atoms with Gasteiger partial charge in [-0.1, -0.05) is 23.5 Å². The van der Waals surface area contributed by atoms with Gasteiger partial charge in [0.2, 0.25) is 0 Å². The van der Waals surface area contributed by atoms with E-state index in [0.717, 1.165) is 28.3 Å². The molecule has 2 aromatic heterocycles. The molecule has 0 fully saturated rings. The average Bonchev–Trinajstić information content (AvgIpc) is 3.18. The number of thiazole rings is 1. The van der Waals surface area contributed by atoms with Gasteiger partial charge in [0.25, 0.3) is 11.8 Å². The average molecular weight is 384 g/mol. The summed E-state index contributed by atoms with van der Waals surface area (Å²) in [7, 11) is 1.68. The minimum atomic E-state index is -0.691. The van der Waals surface area contributed by atoms with Crippen LogP contribution in [0.1, 0.15) is 37.8 Å². The Morgan fingerprint density at radius 3 is 2.48 bits per heavy atom. The van der Waals surface area contributed by atoms with Crippen LogP contribution in [0.5, 0.6) is 0 Å². The number of nitrogens with one attached hydrogen (secondary N) is 2. The second kappa shape index (κ2) is 7.58. The molecule has 0 spiro atoms. The van der Waals surface area contributed by atoms with Crippen molar-refractivity contribution in [3.8, 4) is 0 Å². The molecule has 8 nitrogen and oxygen atoms in total. The molecule has 0 saturated carbocycles. The molecule has 1 aromatic carbocycles. The lowest BCUT2D eigenvalue weighted by atomic mass is 10.1. The molecule has 140 valence electrons. The van der Waals surface area contributed by atoms with Crippen LogP contribution < -0.4 is 16.4 Å². The summed E-state index contributed by atoms with van der Waals surface area (Å²) in [6, 6.07) is 9.26. The van der Waals surface area contributed by atoms with Gasteiger partial charge in [0, 0.05) is 18.3 Å². The molecule has 0 aliphatic carbocycles. The van der Waals surface area contributed by atoms with Gasteiger partial charge in [-0.2, -0.15) is 5.10 Å². The van der Waals surface area contributed by atoms with E-state index in [2.05, 4.69) is 20.7 Å². The van der Waals surface area contributed by atoms with Crippen LogP contribution in [0.15, 0.2) is 30.3 Å². The highest BCUT2D eigenvalue weighted by Gasteiger charge is 2.18. The molecule has 0 aliphatic rings. The number of anilines is 2. The molecule has 27 heavy (non-hydrogen) atoms. The van der Waals surface area contributed by atoms with Crippen molar-refractivity contribution < 1.29 is 9.59 Å². The summed E-state index contributed by atoms with van der Waals surface area (Å²) in [4.78, 5) is 28.0.